The number of rotatable bonds is 2. The Morgan fingerprint density at radius 1 is 1.09 bits per heavy atom. The SMILES string of the molecule is O=S(=O)([O-])[O-].[Ca+2].[O]=[Fe][O][Fe]=[O]. The van der Waals surface area contributed by atoms with E-state index in [1.54, 1.807) is 0 Å². The number of hydrogen-bond donors (Lipinski definition) is 0. The van der Waals surface area contributed by atoms with Crippen LogP contribution in [0.5, 0.6) is 0 Å². The fourth-order valence-electron chi connectivity index (χ4n) is 0.00851. The molecule has 0 aromatic heterocycles. The molecule has 0 aliphatic rings. The summed E-state index contributed by atoms with van der Waals surface area (Å²) in [4.78, 5) is 0. The predicted molar refractivity (Wildman–Crippen MR) is 18.7 cm³/mol. The van der Waals surface area contributed by atoms with Crippen LogP contribution < -0.4 is 0 Å². The maximum absolute atomic E-state index is 9.11. The Bertz CT molecular complexity index is 169. The van der Waals surface area contributed by atoms with E-state index >= 15 is 0 Å². The van der Waals surface area contributed by atoms with Gasteiger partial charge in [0.15, 0.2) is 0 Å². The summed E-state index contributed by atoms with van der Waals surface area (Å²) in [5.41, 5.74) is 0. The summed E-state index contributed by atoms with van der Waals surface area (Å²) in [7, 11) is -5.17. The molecule has 0 aromatic rings. The monoisotopic (exact) mass is 296 g/mol. The Morgan fingerprint density at radius 2 is 1.27 bits per heavy atom. The Morgan fingerprint density at radius 3 is 1.27 bits per heavy atom. The summed E-state index contributed by atoms with van der Waals surface area (Å²) < 4.78 is 56.0. The van der Waals surface area contributed by atoms with Crippen LogP contribution in [0.25, 0.3) is 0 Å². The Labute approximate surface area is 105 Å². The first-order chi connectivity index (χ1) is 4.41. The van der Waals surface area contributed by atoms with Crippen LogP contribution >= 0.6 is 0 Å². The molecule has 0 saturated carbocycles. The van der Waals surface area contributed by atoms with Gasteiger partial charge in [-0.2, -0.15) is 0 Å². The molecule has 7 nitrogen and oxygen atoms in total. The van der Waals surface area contributed by atoms with Gasteiger partial charge in [0.2, 0.25) is 0 Å². The summed E-state index contributed by atoms with van der Waals surface area (Å²) in [6, 6.07) is 0. The van der Waals surface area contributed by atoms with E-state index in [2.05, 4.69) is 2.90 Å². The van der Waals surface area contributed by atoms with Gasteiger partial charge in [0, 0.05) is 10.4 Å². The summed E-state index contributed by atoms with van der Waals surface area (Å²) in [6.45, 7) is 0. The van der Waals surface area contributed by atoms with Gasteiger partial charge in [-0.15, -0.1) is 0 Å². The van der Waals surface area contributed by atoms with Gasteiger partial charge in [-0.05, 0) is 0 Å². The molecule has 0 fully saturated rings. The van der Waals surface area contributed by atoms with E-state index in [1.807, 2.05) is 0 Å². The molecule has 0 rings (SSSR count). The quantitative estimate of drug-likeness (QED) is 0.327. The standard InChI is InChI=1S/Ca.2Fe.H2O4S.3O/c;;;1-5(2,3)4;;;/h;;;(H2,1,2,3,4);;;/q+2;;;;;;/p-2. The van der Waals surface area contributed by atoms with E-state index in [4.69, 9.17) is 25.2 Å². The second kappa shape index (κ2) is 11.7. The molecule has 0 atom stereocenters. The van der Waals surface area contributed by atoms with Gasteiger partial charge in [-0.3, -0.25) is 8.42 Å². The van der Waals surface area contributed by atoms with E-state index in [0.717, 1.165) is 0 Å². The van der Waals surface area contributed by atoms with Crippen molar-refractivity contribution < 1.29 is 58.5 Å². The van der Waals surface area contributed by atoms with Crippen LogP contribution in [0.2, 0.25) is 0 Å². The average molecular weight is 296 g/mol. The summed E-state index contributed by atoms with van der Waals surface area (Å²) >= 11 is -1.44. The Hall–Kier alpha value is 1.73. The van der Waals surface area contributed by atoms with Gasteiger partial charge in [0.05, 0.1) is 0 Å². The molecule has 0 aliphatic carbocycles. The normalized spacial score (nSPS) is 8.91. The van der Waals surface area contributed by atoms with Crippen molar-refractivity contribution in [3.8, 4) is 0 Å². The zero-order valence-electron chi connectivity index (χ0n) is 4.68. The fraction of sp³-hybridized carbons (Fsp3) is 0. The van der Waals surface area contributed by atoms with Crippen LogP contribution in [0.1, 0.15) is 0 Å². The minimum atomic E-state index is -5.17. The van der Waals surface area contributed by atoms with Crippen LogP contribution in [0.3, 0.4) is 0 Å². The molecule has 11 heteroatoms. The molecule has 0 aromatic carbocycles. The van der Waals surface area contributed by atoms with Gasteiger partial charge < -0.3 is 9.11 Å². The molecule has 11 heavy (non-hydrogen) atoms. The summed E-state index contributed by atoms with van der Waals surface area (Å²) in [6.07, 6.45) is 0. The van der Waals surface area contributed by atoms with E-state index in [9.17, 15) is 0 Å². The van der Waals surface area contributed by atoms with E-state index in [1.165, 1.54) is 0 Å². The van der Waals surface area contributed by atoms with Crippen LogP contribution in [0.15, 0.2) is 0 Å². The van der Waals surface area contributed by atoms with Crippen molar-refractivity contribution in [2.45, 2.75) is 0 Å². The summed E-state index contributed by atoms with van der Waals surface area (Å²) in [5, 5.41) is 0. The van der Waals surface area contributed by atoms with E-state index < -0.39 is 40.8 Å². The molecule has 0 bridgehead atoms. The third kappa shape index (κ3) is 79.8. The zero-order valence-corrected chi connectivity index (χ0v) is 9.91. The molecule has 0 saturated heterocycles. The van der Waals surface area contributed by atoms with Crippen molar-refractivity contribution >= 4 is 48.1 Å². The Kier molecular flexibility index (Phi) is 19.7. The number of hydrogen-bond acceptors (Lipinski definition) is 7. The molecule has 0 aliphatic heterocycles. The third-order valence-electron chi connectivity index (χ3n) is 0.0417. The van der Waals surface area contributed by atoms with Crippen molar-refractivity contribution in [2.24, 2.45) is 0 Å². The first-order valence-corrected chi connectivity index (χ1v) is 4.38. The topological polar surface area (TPSA) is 124 Å². The zero-order chi connectivity index (χ0) is 8.62. The van der Waals surface area contributed by atoms with Crippen molar-refractivity contribution in [3.63, 3.8) is 0 Å². The van der Waals surface area contributed by atoms with Crippen LogP contribution in [0, 0.1) is 0 Å². The minimum absolute atomic E-state index is 0. The summed E-state index contributed by atoms with van der Waals surface area (Å²) in [5.74, 6) is 0. The molecule has 66 valence electrons. The van der Waals surface area contributed by atoms with Gasteiger partial charge in [0.1, 0.15) is 0 Å². The van der Waals surface area contributed by atoms with Gasteiger partial charge in [-0.25, -0.2) is 0 Å². The molecule has 0 radical (unpaired) electrons. The third-order valence-corrected chi connectivity index (χ3v) is 0.708. The first-order valence-electron chi connectivity index (χ1n) is 1.24. The van der Waals surface area contributed by atoms with Crippen molar-refractivity contribution in [3.05, 3.63) is 0 Å². The molecular weight excluding hydrogens is 296 g/mol. The van der Waals surface area contributed by atoms with Gasteiger partial charge in [-0.1, -0.05) is 0 Å². The van der Waals surface area contributed by atoms with Crippen LogP contribution in [-0.2, 0) is 51.4 Å². The van der Waals surface area contributed by atoms with Crippen molar-refractivity contribution in [1.82, 2.24) is 0 Å². The first kappa shape index (κ1) is 18.5. The van der Waals surface area contributed by atoms with E-state index in [0.29, 0.717) is 0 Å². The van der Waals surface area contributed by atoms with Crippen LogP contribution in [0.4, 0.5) is 0 Å². The van der Waals surface area contributed by atoms with Crippen LogP contribution in [-0.4, -0.2) is 55.3 Å². The molecule has 0 unspecified atom stereocenters. The molecule has 0 amide bonds. The molecule has 0 N–H and O–H groups in total. The Balaban J connectivity index is -0.000000107. The molecular formula is CaFe2O7S. The maximum atomic E-state index is 9.11. The average Bonchev–Trinajstić information content (AvgIpc) is 1.63. The fourth-order valence-corrected chi connectivity index (χ4v) is 0.145. The second-order valence-corrected chi connectivity index (χ2v) is 2.58. The second-order valence-electron chi connectivity index (χ2n) is 0.577. The molecule has 0 spiro atoms. The van der Waals surface area contributed by atoms with Gasteiger partial charge in [0.25, 0.3) is 0 Å². The molecule has 0 heterocycles. The van der Waals surface area contributed by atoms with Gasteiger partial charge >= 0.3 is 78.7 Å². The van der Waals surface area contributed by atoms with Crippen molar-refractivity contribution in [2.75, 3.05) is 0 Å². The van der Waals surface area contributed by atoms with Crippen molar-refractivity contribution in [1.29, 1.82) is 0 Å². The predicted octanol–water partition coefficient (Wildman–Crippen LogP) is -2.03. The van der Waals surface area contributed by atoms with E-state index in [-0.39, 0.29) is 37.7 Å².